The van der Waals surface area contributed by atoms with Crippen LogP contribution in [0.2, 0.25) is 15.1 Å². The zero-order chi connectivity index (χ0) is 23.8. The van der Waals surface area contributed by atoms with Gasteiger partial charge in [-0.3, -0.25) is 4.72 Å². The molecule has 1 N–H and O–H groups in total. The molecule has 10 heteroatoms. The van der Waals surface area contributed by atoms with E-state index in [1.807, 2.05) is 18.2 Å². The highest BCUT2D eigenvalue weighted by molar-refractivity contribution is 7.92. The number of carbonyl (C=O) groups is 1. The molecule has 0 aliphatic heterocycles. The second kappa shape index (κ2) is 9.27. The Bertz CT molecular complexity index is 1470. The van der Waals surface area contributed by atoms with Gasteiger partial charge in [-0.15, -0.1) is 0 Å². The van der Waals surface area contributed by atoms with Crippen LogP contribution in [0.25, 0.3) is 22.3 Å². The Morgan fingerprint density at radius 1 is 0.970 bits per heavy atom. The molecule has 0 saturated carbocycles. The zero-order valence-electron chi connectivity index (χ0n) is 17.1. The first-order chi connectivity index (χ1) is 15.7. The Morgan fingerprint density at radius 2 is 1.67 bits per heavy atom. The van der Waals surface area contributed by atoms with Gasteiger partial charge in [-0.2, -0.15) is 0 Å². The minimum Gasteiger partial charge on any atom is -0.462 e. The Labute approximate surface area is 205 Å². The van der Waals surface area contributed by atoms with Gasteiger partial charge in [-0.05, 0) is 37.3 Å². The van der Waals surface area contributed by atoms with E-state index >= 15 is 0 Å². The second-order valence-electron chi connectivity index (χ2n) is 6.91. The van der Waals surface area contributed by atoms with E-state index in [0.717, 1.165) is 0 Å². The third-order valence-corrected chi connectivity index (χ3v) is 7.29. The Kier molecular flexibility index (Phi) is 6.59. The standard InChI is InChI=1S/C23H16Cl3NO5S/c1-2-31-23(28)21-15-10-14(8-9-19(15)32-22(21)13-6-4-3-5-7-13)27-33(29,30)20-12-17(25)16(24)11-18(20)26/h3-12,27H,2H2,1H3. The van der Waals surface area contributed by atoms with Gasteiger partial charge in [0.15, 0.2) is 0 Å². The molecular formula is C23H16Cl3NO5S. The molecular weight excluding hydrogens is 509 g/mol. The fourth-order valence-electron chi connectivity index (χ4n) is 3.28. The zero-order valence-corrected chi connectivity index (χ0v) is 20.1. The molecule has 0 atom stereocenters. The van der Waals surface area contributed by atoms with E-state index in [1.54, 1.807) is 25.1 Å². The lowest BCUT2D eigenvalue weighted by molar-refractivity contribution is 0.0528. The number of fused-ring (bicyclic) bond motifs is 1. The van der Waals surface area contributed by atoms with E-state index in [4.69, 9.17) is 44.0 Å². The second-order valence-corrected chi connectivity index (χ2v) is 9.78. The van der Waals surface area contributed by atoms with Gasteiger partial charge in [0.1, 0.15) is 21.8 Å². The highest BCUT2D eigenvalue weighted by Gasteiger charge is 2.25. The number of benzene rings is 3. The molecule has 33 heavy (non-hydrogen) atoms. The number of nitrogens with one attached hydrogen (secondary N) is 1. The molecule has 3 aromatic carbocycles. The lowest BCUT2D eigenvalue weighted by Gasteiger charge is -2.11. The maximum Gasteiger partial charge on any atom is 0.342 e. The van der Waals surface area contributed by atoms with Gasteiger partial charge in [-0.25, -0.2) is 13.2 Å². The minimum atomic E-state index is -4.11. The Balaban J connectivity index is 1.82. The average molecular weight is 525 g/mol. The number of furan rings is 1. The molecule has 0 aliphatic rings. The largest absolute Gasteiger partial charge is 0.462 e. The van der Waals surface area contributed by atoms with E-state index in [0.29, 0.717) is 22.3 Å². The SMILES string of the molecule is CCOC(=O)c1c(-c2ccccc2)oc2ccc(NS(=O)(=O)c3cc(Cl)c(Cl)cc3Cl)cc12. The number of hydrogen-bond acceptors (Lipinski definition) is 5. The van der Waals surface area contributed by atoms with Crippen LogP contribution in [0, 0.1) is 0 Å². The molecule has 0 fully saturated rings. The number of rotatable bonds is 6. The van der Waals surface area contributed by atoms with Crippen LogP contribution in [-0.4, -0.2) is 21.0 Å². The number of halogens is 3. The summed E-state index contributed by atoms with van der Waals surface area (Å²) in [5.74, 6) is -0.251. The van der Waals surface area contributed by atoms with Crippen molar-refractivity contribution in [1.29, 1.82) is 0 Å². The summed E-state index contributed by atoms with van der Waals surface area (Å²) in [5.41, 5.74) is 1.47. The van der Waals surface area contributed by atoms with Crippen LogP contribution in [0.5, 0.6) is 0 Å². The van der Waals surface area contributed by atoms with E-state index in [1.165, 1.54) is 24.3 Å². The molecule has 0 aliphatic carbocycles. The fraction of sp³-hybridized carbons (Fsp3) is 0.0870. The fourth-order valence-corrected chi connectivity index (χ4v) is 5.33. The van der Waals surface area contributed by atoms with Crippen molar-refractivity contribution in [2.75, 3.05) is 11.3 Å². The maximum atomic E-state index is 13.0. The van der Waals surface area contributed by atoms with Crippen molar-refractivity contribution >= 4 is 67.5 Å². The number of carbonyl (C=O) groups excluding carboxylic acids is 1. The van der Waals surface area contributed by atoms with Crippen LogP contribution in [-0.2, 0) is 14.8 Å². The Hall–Kier alpha value is -2.71. The molecule has 0 saturated heterocycles. The van der Waals surface area contributed by atoms with Crippen molar-refractivity contribution in [3.63, 3.8) is 0 Å². The summed E-state index contributed by atoms with van der Waals surface area (Å²) in [7, 11) is -4.11. The molecule has 0 radical (unpaired) electrons. The molecule has 6 nitrogen and oxygen atoms in total. The van der Waals surface area contributed by atoms with Crippen LogP contribution in [0.15, 0.2) is 70.0 Å². The summed E-state index contributed by atoms with van der Waals surface area (Å²) >= 11 is 18.0. The normalized spacial score (nSPS) is 11.5. The number of sulfonamides is 1. The topological polar surface area (TPSA) is 85.6 Å². The summed E-state index contributed by atoms with van der Waals surface area (Å²) < 4.78 is 39.5. The molecule has 0 bridgehead atoms. The van der Waals surface area contributed by atoms with Crippen molar-refractivity contribution in [2.24, 2.45) is 0 Å². The van der Waals surface area contributed by atoms with E-state index in [-0.39, 0.29) is 37.8 Å². The third-order valence-electron chi connectivity index (χ3n) is 4.72. The third kappa shape index (κ3) is 4.68. The number of ether oxygens (including phenoxy) is 1. The minimum absolute atomic E-state index is 0.0452. The first kappa shape index (κ1) is 23.4. The van der Waals surface area contributed by atoms with Gasteiger partial charge in [-0.1, -0.05) is 65.1 Å². The molecule has 4 rings (SSSR count). The number of esters is 1. The number of anilines is 1. The van der Waals surface area contributed by atoms with Gasteiger partial charge in [0.25, 0.3) is 10.0 Å². The maximum absolute atomic E-state index is 13.0. The van der Waals surface area contributed by atoms with Gasteiger partial charge in [0.2, 0.25) is 0 Å². The van der Waals surface area contributed by atoms with Crippen molar-refractivity contribution < 1.29 is 22.4 Å². The first-order valence-corrected chi connectivity index (χ1v) is 12.3. The predicted molar refractivity (Wildman–Crippen MR) is 130 cm³/mol. The van der Waals surface area contributed by atoms with E-state index in [9.17, 15) is 13.2 Å². The molecule has 0 spiro atoms. The smallest absolute Gasteiger partial charge is 0.342 e. The Morgan fingerprint density at radius 3 is 2.36 bits per heavy atom. The van der Waals surface area contributed by atoms with E-state index in [2.05, 4.69) is 4.72 Å². The lowest BCUT2D eigenvalue weighted by Crippen LogP contribution is -2.13. The molecule has 0 unspecified atom stereocenters. The summed E-state index contributed by atoms with van der Waals surface area (Å²) in [5, 5.41) is 0.490. The van der Waals surface area contributed by atoms with Gasteiger partial charge in [0.05, 0.1) is 21.7 Å². The van der Waals surface area contributed by atoms with Gasteiger partial charge in [0, 0.05) is 16.6 Å². The molecule has 4 aromatic rings. The van der Waals surface area contributed by atoms with Crippen LogP contribution in [0.4, 0.5) is 5.69 Å². The van der Waals surface area contributed by atoms with Gasteiger partial charge >= 0.3 is 5.97 Å². The summed E-state index contributed by atoms with van der Waals surface area (Å²) in [6.07, 6.45) is 0. The van der Waals surface area contributed by atoms with Crippen molar-refractivity contribution in [3.05, 3.63) is 81.3 Å². The van der Waals surface area contributed by atoms with E-state index < -0.39 is 16.0 Å². The van der Waals surface area contributed by atoms with Crippen LogP contribution in [0.1, 0.15) is 17.3 Å². The van der Waals surface area contributed by atoms with Gasteiger partial charge < -0.3 is 9.15 Å². The van der Waals surface area contributed by atoms with Crippen LogP contribution in [0.3, 0.4) is 0 Å². The summed E-state index contributed by atoms with van der Waals surface area (Å²) in [4.78, 5) is 12.5. The monoisotopic (exact) mass is 523 g/mol. The molecule has 170 valence electrons. The summed E-state index contributed by atoms with van der Waals surface area (Å²) in [6, 6.07) is 16.1. The van der Waals surface area contributed by atoms with Crippen molar-refractivity contribution in [1.82, 2.24) is 0 Å². The number of hydrogen-bond donors (Lipinski definition) is 1. The molecule has 1 heterocycles. The highest BCUT2D eigenvalue weighted by atomic mass is 35.5. The lowest BCUT2D eigenvalue weighted by atomic mass is 10.1. The van der Waals surface area contributed by atoms with Crippen LogP contribution >= 0.6 is 34.8 Å². The molecule has 0 amide bonds. The quantitative estimate of drug-likeness (QED) is 0.216. The molecule has 1 aromatic heterocycles. The summed E-state index contributed by atoms with van der Waals surface area (Å²) in [6.45, 7) is 1.87. The average Bonchev–Trinajstić information content (AvgIpc) is 3.15. The predicted octanol–water partition coefficient (Wildman–Crippen LogP) is 7.04. The van der Waals surface area contributed by atoms with Crippen molar-refractivity contribution in [3.8, 4) is 11.3 Å². The van der Waals surface area contributed by atoms with Crippen molar-refractivity contribution in [2.45, 2.75) is 11.8 Å². The highest BCUT2D eigenvalue weighted by Crippen LogP contribution is 2.37. The van der Waals surface area contributed by atoms with Crippen LogP contribution < -0.4 is 4.72 Å². The first-order valence-electron chi connectivity index (χ1n) is 9.67.